The number of halogens is 1. The lowest BCUT2D eigenvalue weighted by atomic mass is 10.2. The molecule has 2 N–H and O–H groups in total. The molecule has 21 heavy (non-hydrogen) atoms. The predicted molar refractivity (Wildman–Crippen MR) is 86.0 cm³/mol. The molecule has 0 radical (unpaired) electrons. The Bertz CT molecular complexity index is 598. The van der Waals surface area contributed by atoms with Crippen LogP contribution >= 0.6 is 15.9 Å². The van der Waals surface area contributed by atoms with Crippen LogP contribution in [0.3, 0.4) is 0 Å². The van der Waals surface area contributed by atoms with Crippen molar-refractivity contribution >= 4 is 26.0 Å². The van der Waals surface area contributed by atoms with Gasteiger partial charge in [0.05, 0.1) is 6.61 Å². The van der Waals surface area contributed by atoms with Crippen molar-refractivity contribution in [3.8, 4) is 5.75 Å². The summed E-state index contributed by atoms with van der Waals surface area (Å²) in [6, 6.07) is 3.31. The number of rotatable bonds is 6. The minimum atomic E-state index is -3.80. The predicted octanol–water partition coefficient (Wildman–Crippen LogP) is 2.27. The number of likely N-dealkylation sites (tertiary alicyclic amines) is 1. The highest BCUT2D eigenvalue weighted by Crippen LogP contribution is 2.31. The fourth-order valence-corrected chi connectivity index (χ4v) is 4.06. The first-order valence-corrected chi connectivity index (χ1v) is 9.40. The molecule has 1 aromatic rings. The van der Waals surface area contributed by atoms with Crippen molar-refractivity contribution in [2.45, 2.75) is 31.1 Å². The minimum Gasteiger partial charge on any atom is -0.492 e. The molecular weight excluding hydrogens is 356 g/mol. The van der Waals surface area contributed by atoms with E-state index < -0.39 is 10.0 Å². The van der Waals surface area contributed by atoms with Gasteiger partial charge in [-0.2, -0.15) is 0 Å². The molecule has 7 heteroatoms. The van der Waals surface area contributed by atoms with Crippen molar-refractivity contribution in [3.63, 3.8) is 0 Å². The van der Waals surface area contributed by atoms with Gasteiger partial charge in [-0.15, -0.1) is 0 Å². The summed E-state index contributed by atoms with van der Waals surface area (Å²) in [5.74, 6) is 0.363. The fraction of sp³-hybridized carbons (Fsp3) is 0.571. The summed E-state index contributed by atoms with van der Waals surface area (Å²) >= 11 is 3.28. The van der Waals surface area contributed by atoms with Crippen molar-refractivity contribution in [3.05, 3.63) is 22.2 Å². The minimum absolute atomic E-state index is 0.0375. The smallest absolute Gasteiger partial charge is 0.241 e. The monoisotopic (exact) mass is 376 g/mol. The molecule has 1 saturated heterocycles. The van der Waals surface area contributed by atoms with E-state index in [1.807, 2.05) is 13.0 Å². The van der Waals surface area contributed by atoms with E-state index in [9.17, 15) is 8.42 Å². The van der Waals surface area contributed by atoms with Crippen LogP contribution in [0, 0.1) is 6.92 Å². The van der Waals surface area contributed by atoms with Crippen LogP contribution in [-0.4, -0.2) is 39.6 Å². The number of benzene rings is 1. The Balaban J connectivity index is 2.01. The highest BCUT2D eigenvalue weighted by molar-refractivity contribution is 9.10. The van der Waals surface area contributed by atoms with E-state index in [1.54, 1.807) is 0 Å². The molecule has 1 fully saturated rings. The molecule has 2 rings (SSSR count). The first-order chi connectivity index (χ1) is 9.88. The Kier molecular flexibility index (Phi) is 5.65. The summed E-state index contributed by atoms with van der Waals surface area (Å²) in [4.78, 5) is 2.44. The van der Waals surface area contributed by atoms with Crippen molar-refractivity contribution in [1.82, 2.24) is 4.90 Å². The van der Waals surface area contributed by atoms with E-state index >= 15 is 0 Å². The average Bonchev–Trinajstić information content (AvgIpc) is 2.87. The Labute approximate surface area is 134 Å². The molecule has 0 saturated carbocycles. The highest BCUT2D eigenvalue weighted by Gasteiger charge is 2.19. The van der Waals surface area contributed by atoms with Gasteiger partial charge in [-0.25, -0.2) is 13.6 Å². The van der Waals surface area contributed by atoms with Gasteiger partial charge in [0.15, 0.2) is 0 Å². The molecule has 5 nitrogen and oxygen atoms in total. The van der Waals surface area contributed by atoms with E-state index in [0.29, 0.717) is 16.8 Å². The topological polar surface area (TPSA) is 72.6 Å². The van der Waals surface area contributed by atoms with Crippen LogP contribution < -0.4 is 9.88 Å². The Morgan fingerprint density at radius 3 is 2.62 bits per heavy atom. The first kappa shape index (κ1) is 16.7. The molecule has 0 unspecified atom stereocenters. The molecule has 1 aromatic carbocycles. The van der Waals surface area contributed by atoms with E-state index in [0.717, 1.165) is 31.6 Å². The van der Waals surface area contributed by atoms with Gasteiger partial charge >= 0.3 is 0 Å². The van der Waals surface area contributed by atoms with Crippen LogP contribution in [0.25, 0.3) is 0 Å². The lowest BCUT2D eigenvalue weighted by Crippen LogP contribution is -2.22. The lowest BCUT2D eigenvalue weighted by Gasteiger charge is -2.16. The molecule has 1 aliphatic rings. The Morgan fingerprint density at radius 1 is 1.33 bits per heavy atom. The third kappa shape index (κ3) is 4.67. The maximum atomic E-state index is 11.7. The molecule has 0 amide bonds. The molecule has 1 heterocycles. The third-order valence-corrected chi connectivity index (χ3v) is 4.95. The van der Waals surface area contributed by atoms with E-state index in [2.05, 4.69) is 20.8 Å². The quantitative estimate of drug-likeness (QED) is 0.772. The number of nitrogens with two attached hydrogens (primary N) is 1. The molecular formula is C14H21BrN2O3S. The number of sulfonamides is 1. The van der Waals surface area contributed by atoms with Gasteiger partial charge in [0.2, 0.25) is 10.0 Å². The van der Waals surface area contributed by atoms with E-state index in [-0.39, 0.29) is 4.90 Å². The van der Waals surface area contributed by atoms with Crippen LogP contribution in [0.5, 0.6) is 5.75 Å². The van der Waals surface area contributed by atoms with Gasteiger partial charge in [-0.05, 0) is 57.0 Å². The number of ether oxygens (including phenoxy) is 1. The standard InChI is InChI=1S/C14H21BrN2O3S/c1-11-9-12(15)10-13(21(16,18)19)14(11)20-8-4-7-17-5-2-3-6-17/h9-10H,2-8H2,1H3,(H2,16,18,19). The highest BCUT2D eigenvalue weighted by atomic mass is 79.9. The second-order valence-corrected chi connectivity index (χ2v) is 7.79. The van der Waals surface area contributed by atoms with Crippen molar-refractivity contribution in [1.29, 1.82) is 0 Å². The molecule has 0 aromatic heterocycles. The average molecular weight is 377 g/mol. The fourth-order valence-electron chi connectivity index (χ4n) is 2.56. The first-order valence-electron chi connectivity index (χ1n) is 7.06. The van der Waals surface area contributed by atoms with Crippen molar-refractivity contribution < 1.29 is 13.2 Å². The zero-order valence-corrected chi connectivity index (χ0v) is 14.5. The third-order valence-electron chi connectivity index (χ3n) is 3.58. The van der Waals surface area contributed by atoms with Gasteiger partial charge in [0.25, 0.3) is 0 Å². The molecule has 0 bridgehead atoms. The summed E-state index contributed by atoms with van der Waals surface area (Å²) in [6.45, 7) is 5.59. The number of aryl methyl sites for hydroxylation is 1. The molecule has 0 aliphatic carbocycles. The number of nitrogens with zero attached hydrogens (tertiary/aromatic N) is 1. The molecule has 0 atom stereocenters. The second kappa shape index (κ2) is 7.09. The van der Waals surface area contributed by atoms with Crippen molar-refractivity contribution in [2.75, 3.05) is 26.2 Å². The van der Waals surface area contributed by atoms with Crippen molar-refractivity contribution in [2.24, 2.45) is 5.14 Å². The Hall–Kier alpha value is -0.630. The summed E-state index contributed by atoms with van der Waals surface area (Å²) < 4.78 is 29.7. The molecule has 0 spiro atoms. The number of hydrogen-bond donors (Lipinski definition) is 1. The zero-order valence-electron chi connectivity index (χ0n) is 12.1. The number of hydrogen-bond acceptors (Lipinski definition) is 4. The molecule has 1 aliphatic heterocycles. The normalized spacial score (nSPS) is 16.3. The second-order valence-electron chi connectivity index (χ2n) is 5.35. The maximum Gasteiger partial charge on any atom is 0.241 e. The Morgan fingerprint density at radius 2 is 2.00 bits per heavy atom. The maximum absolute atomic E-state index is 11.7. The van der Waals surface area contributed by atoms with Gasteiger partial charge < -0.3 is 9.64 Å². The number of primary sulfonamides is 1. The lowest BCUT2D eigenvalue weighted by molar-refractivity contribution is 0.258. The van der Waals surface area contributed by atoms with Crippen LogP contribution in [-0.2, 0) is 10.0 Å². The van der Waals surface area contributed by atoms with Crippen LogP contribution in [0.15, 0.2) is 21.5 Å². The summed E-state index contributed by atoms with van der Waals surface area (Å²) in [5.41, 5.74) is 0.759. The summed E-state index contributed by atoms with van der Waals surface area (Å²) in [6.07, 6.45) is 3.41. The summed E-state index contributed by atoms with van der Waals surface area (Å²) in [5, 5.41) is 5.26. The zero-order chi connectivity index (χ0) is 15.5. The van der Waals surface area contributed by atoms with Crippen LogP contribution in [0.4, 0.5) is 0 Å². The SMILES string of the molecule is Cc1cc(Br)cc(S(N)(=O)=O)c1OCCCN1CCCC1. The van der Waals surface area contributed by atoms with Gasteiger partial charge in [0, 0.05) is 11.0 Å². The van der Waals surface area contributed by atoms with Gasteiger partial charge in [0.1, 0.15) is 10.6 Å². The van der Waals surface area contributed by atoms with E-state index in [4.69, 9.17) is 9.88 Å². The van der Waals surface area contributed by atoms with Gasteiger partial charge in [-0.3, -0.25) is 0 Å². The van der Waals surface area contributed by atoms with Crippen LogP contribution in [0.2, 0.25) is 0 Å². The summed E-state index contributed by atoms with van der Waals surface area (Å²) in [7, 11) is -3.80. The molecule has 118 valence electrons. The van der Waals surface area contributed by atoms with E-state index in [1.165, 1.54) is 18.9 Å². The largest absolute Gasteiger partial charge is 0.492 e. The van der Waals surface area contributed by atoms with Gasteiger partial charge in [-0.1, -0.05) is 15.9 Å². The van der Waals surface area contributed by atoms with Crippen LogP contribution in [0.1, 0.15) is 24.8 Å².